The van der Waals surface area contributed by atoms with Crippen LogP contribution in [0.15, 0.2) is 52.2 Å². The highest BCUT2D eigenvalue weighted by molar-refractivity contribution is 9.10. The number of hydrazone groups is 1. The van der Waals surface area contributed by atoms with Gasteiger partial charge < -0.3 is 4.57 Å². The summed E-state index contributed by atoms with van der Waals surface area (Å²) in [6.45, 7) is 0. The molecule has 4 nitrogen and oxygen atoms in total. The van der Waals surface area contributed by atoms with Crippen LogP contribution in [-0.2, 0) is 7.05 Å². The van der Waals surface area contributed by atoms with Crippen molar-refractivity contribution in [2.75, 3.05) is 0 Å². The third-order valence-corrected chi connectivity index (χ3v) is 2.98. The van der Waals surface area contributed by atoms with E-state index in [1.165, 1.54) is 0 Å². The minimum atomic E-state index is -0.229. The summed E-state index contributed by atoms with van der Waals surface area (Å²) in [7, 11) is 1.91. The van der Waals surface area contributed by atoms with Gasteiger partial charge in [0.1, 0.15) is 0 Å². The second kappa shape index (κ2) is 5.64. The van der Waals surface area contributed by atoms with Gasteiger partial charge in [0.05, 0.1) is 11.9 Å². The smallest absolute Gasteiger partial charge is 0.271 e. The standard InChI is InChI=1S/C13H12BrN3O/c1-17-8-2-3-12(17)9-15-16-13(18)10-4-6-11(14)7-5-10/h2-9H,1H3,(H,16,18). The molecule has 0 saturated carbocycles. The molecule has 1 aromatic carbocycles. The number of nitrogens with one attached hydrogen (secondary N) is 1. The Morgan fingerprint density at radius 3 is 2.67 bits per heavy atom. The summed E-state index contributed by atoms with van der Waals surface area (Å²) < 4.78 is 2.85. The molecule has 0 bridgehead atoms. The monoisotopic (exact) mass is 305 g/mol. The van der Waals surface area contributed by atoms with E-state index in [-0.39, 0.29) is 5.91 Å². The van der Waals surface area contributed by atoms with Crippen LogP contribution in [0.4, 0.5) is 0 Å². The number of nitrogens with zero attached hydrogens (tertiary/aromatic N) is 2. The Morgan fingerprint density at radius 1 is 1.33 bits per heavy atom. The Morgan fingerprint density at radius 2 is 2.06 bits per heavy atom. The molecular weight excluding hydrogens is 294 g/mol. The van der Waals surface area contributed by atoms with Crippen LogP contribution < -0.4 is 5.43 Å². The minimum Gasteiger partial charge on any atom is -0.350 e. The van der Waals surface area contributed by atoms with Crippen LogP contribution in [0.5, 0.6) is 0 Å². The number of amides is 1. The van der Waals surface area contributed by atoms with Crippen LogP contribution in [0.25, 0.3) is 0 Å². The quantitative estimate of drug-likeness (QED) is 0.687. The topological polar surface area (TPSA) is 46.4 Å². The number of carbonyl (C=O) groups excluding carboxylic acids is 1. The van der Waals surface area contributed by atoms with Gasteiger partial charge in [-0.25, -0.2) is 5.43 Å². The second-order valence-corrected chi connectivity index (χ2v) is 4.67. The summed E-state index contributed by atoms with van der Waals surface area (Å²) in [6, 6.07) is 10.9. The molecule has 2 rings (SSSR count). The number of aryl methyl sites for hydroxylation is 1. The third kappa shape index (κ3) is 3.07. The fraction of sp³-hybridized carbons (Fsp3) is 0.0769. The molecule has 0 aliphatic rings. The Bertz CT molecular complexity index is 572. The maximum atomic E-state index is 11.7. The molecule has 2 aromatic rings. The van der Waals surface area contributed by atoms with Crippen molar-refractivity contribution < 1.29 is 4.79 Å². The SMILES string of the molecule is Cn1cccc1C=NNC(=O)c1ccc(Br)cc1. The molecule has 5 heteroatoms. The third-order valence-electron chi connectivity index (χ3n) is 2.45. The lowest BCUT2D eigenvalue weighted by Gasteiger charge is -2.00. The highest BCUT2D eigenvalue weighted by Gasteiger charge is 2.02. The summed E-state index contributed by atoms with van der Waals surface area (Å²) in [5.74, 6) is -0.229. The van der Waals surface area contributed by atoms with Gasteiger partial charge in [-0.05, 0) is 36.4 Å². The zero-order valence-electron chi connectivity index (χ0n) is 9.80. The predicted octanol–water partition coefficient (Wildman–Crippen LogP) is 2.55. The van der Waals surface area contributed by atoms with E-state index in [1.54, 1.807) is 18.3 Å². The number of hydrogen-bond acceptors (Lipinski definition) is 2. The predicted molar refractivity (Wildman–Crippen MR) is 74.6 cm³/mol. The van der Waals surface area contributed by atoms with Gasteiger partial charge in [0, 0.05) is 23.3 Å². The van der Waals surface area contributed by atoms with Crippen LogP contribution in [0, 0.1) is 0 Å². The largest absolute Gasteiger partial charge is 0.350 e. The molecule has 0 atom stereocenters. The summed E-state index contributed by atoms with van der Waals surface area (Å²) in [4.78, 5) is 11.7. The van der Waals surface area contributed by atoms with Gasteiger partial charge in [-0.3, -0.25) is 4.79 Å². The first-order chi connectivity index (χ1) is 8.66. The van der Waals surface area contributed by atoms with Gasteiger partial charge in [-0.2, -0.15) is 5.10 Å². The molecule has 18 heavy (non-hydrogen) atoms. The summed E-state index contributed by atoms with van der Waals surface area (Å²) in [5, 5.41) is 3.92. The van der Waals surface area contributed by atoms with Gasteiger partial charge in [0.15, 0.2) is 0 Å². The van der Waals surface area contributed by atoms with Crippen LogP contribution in [0.1, 0.15) is 16.1 Å². The second-order valence-electron chi connectivity index (χ2n) is 3.75. The van der Waals surface area contributed by atoms with Gasteiger partial charge in [0.25, 0.3) is 5.91 Å². The van der Waals surface area contributed by atoms with E-state index in [1.807, 2.05) is 42.1 Å². The first-order valence-electron chi connectivity index (χ1n) is 5.37. The average Bonchev–Trinajstić information content (AvgIpc) is 2.76. The maximum Gasteiger partial charge on any atom is 0.271 e. The summed E-state index contributed by atoms with van der Waals surface area (Å²) >= 11 is 3.32. The maximum absolute atomic E-state index is 11.7. The molecular formula is C13H12BrN3O. The molecule has 0 fully saturated rings. The Balaban J connectivity index is 1.98. The van der Waals surface area contributed by atoms with Crippen molar-refractivity contribution in [3.05, 3.63) is 58.3 Å². The van der Waals surface area contributed by atoms with Crippen molar-refractivity contribution in [3.8, 4) is 0 Å². The lowest BCUT2D eigenvalue weighted by atomic mass is 10.2. The molecule has 1 N–H and O–H groups in total. The van der Waals surface area contributed by atoms with Gasteiger partial charge in [-0.15, -0.1) is 0 Å². The van der Waals surface area contributed by atoms with Gasteiger partial charge in [-0.1, -0.05) is 15.9 Å². The van der Waals surface area contributed by atoms with E-state index in [4.69, 9.17) is 0 Å². The Hall–Kier alpha value is -1.88. The van der Waals surface area contributed by atoms with Crippen LogP contribution in [0.3, 0.4) is 0 Å². The number of carbonyl (C=O) groups is 1. The molecule has 1 amide bonds. The van der Waals surface area contributed by atoms with Gasteiger partial charge in [0.2, 0.25) is 0 Å². The zero-order valence-corrected chi connectivity index (χ0v) is 11.4. The van der Waals surface area contributed by atoms with E-state index in [2.05, 4.69) is 26.5 Å². The van der Waals surface area contributed by atoms with Crippen LogP contribution in [-0.4, -0.2) is 16.7 Å². The lowest BCUT2D eigenvalue weighted by molar-refractivity contribution is 0.0955. The van der Waals surface area contributed by atoms with E-state index >= 15 is 0 Å². The highest BCUT2D eigenvalue weighted by atomic mass is 79.9. The highest BCUT2D eigenvalue weighted by Crippen LogP contribution is 2.10. The molecule has 0 radical (unpaired) electrons. The first-order valence-corrected chi connectivity index (χ1v) is 6.16. The van der Waals surface area contributed by atoms with E-state index in [9.17, 15) is 4.79 Å². The van der Waals surface area contributed by atoms with Crippen molar-refractivity contribution in [2.45, 2.75) is 0 Å². The fourth-order valence-electron chi connectivity index (χ4n) is 1.43. The molecule has 0 aliphatic carbocycles. The minimum absolute atomic E-state index is 0.229. The first kappa shape index (κ1) is 12.6. The van der Waals surface area contributed by atoms with Crippen molar-refractivity contribution in [1.29, 1.82) is 0 Å². The molecule has 1 heterocycles. The Labute approximate surface area is 113 Å². The van der Waals surface area contributed by atoms with Gasteiger partial charge >= 0.3 is 0 Å². The average molecular weight is 306 g/mol. The number of benzene rings is 1. The summed E-state index contributed by atoms with van der Waals surface area (Å²) in [5.41, 5.74) is 3.98. The van der Waals surface area contributed by atoms with E-state index in [0.29, 0.717) is 5.56 Å². The lowest BCUT2D eigenvalue weighted by Crippen LogP contribution is -2.17. The molecule has 0 aliphatic heterocycles. The fourth-order valence-corrected chi connectivity index (χ4v) is 1.70. The molecule has 1 aromatic heterocycles. The number of hydrogen-bond donors (Lipinski definition) is 1. The van der Waals surface area contributed by atoms with Crippen molar-refractivity contribution in [1.82, 2.24) is 9.99 Å². The number of aromatic nitrogens is 1. The van der Waals surface area contributed by atoms with Crippen molar-refractivity contribution in [2.24, 2.45) is 12.1 Å². The van der Waals surface area contributed by atoms with Crippen LogP contribution >= 0.6 is 15.9 Å². The van der Waals surface area contributed by atoms with Crippen molar-refractivity contribution in [3.63, 3.8) is 0 Å². The molecule has 0 unspecified atom stereocenters. The molecule has 92 valence electrons. The number of halogens is 1. The molecule has 0 spiro atoms. The van der Waals surface area contributed by atoms with E-state index < -0.39 is 0 Å². The van der Waals surface area contributed by atoms with E-state index in [0.717, 1.165) is 10.2 Å². The number of rotatable bonds is 3. The van der Waals surface area contributed by atoms with Crippen LogP contribution in [0.2, 0.25) is 0 Å². The van der Waals surface area contributed by atoms with Crippen molar-refractivity contribution >= 4 is 28.1 Å². The zero-order chi connectivity index (χ0) is 13.0. The summed E-state index contributed by atoms with van der Waals surface area (Å²) in [6.07, 6.45) is 3.52. The Kier molecular flexibility index (Phi) is 3.94. The normalized spacial score (nSPS) is 10.8. The molecule has 0 saturated heterocycles.